The summed E-state index contributed by atoms with van der Waals surface area (Å²) in [6.07, 6.45) is -6.47. The maximum Gasteiger partial charge on any atom is 0.333 e. The number of β-amino-alcohol motifs (C(OH)–C–C–N with tert-alkyl or cyclic N) is 1. The summed E-state index contributed by atoms with van der Waals surface area (Å²) >= 11 is 0. The summed E-state index contributed by atoms with van der Waals surface area (Å²) in [5, 5.41) is 63.5. The van der Waals surface area contributed by atoms with Crippen molar-refractivity contribution >= 4 is 29.2 Å². The summed E-state index contributed by atoms with van der Waals surface area (Å²) in [6, 6.07) is 16.2. The van der Waals surface area contributed by atoms with Gasteiger partial charge in [0, 0.05) is 36.0 Å². The Balaban J connectivity index is 1.83. The fourth-order valence-electron chi connectivity index (χ4n) is 6.17. The lowest BCUT2D eigenvalue weighted by Gasteiger charge is -2.45. The van der Waals surface area contributed by atoms with E-state index in [2.05, 4.69) is 33.6 Å². The van der Waals surface area contributed by atoms with Crippen LogP contribution in [0.4, 0.5) is 17.5 Å². The Morgan fingerprint density at radius 2 is 1.50 bits per heavy atom. The van der Waals surface area contributed by atoms with E-state index in [0.717, 1.165) is 0 Å². The summed E-state index contributed by atoms with van der Waals surface area (Å²) < 4.78 is 10.9. The molecule has 2 heterocycles. The molecule has 0 spiro atoms. The molecule has 5 rings (SSSR count). The zero-order chi connectivity index (χ0) is 39.2. The molecule has 3 aromatic carbocycles. The third-order valence-electron chi connectivity index (χ3n) is 9.04. The van der Waals surface area contributed by atoms with Gasteiger partial charge < -0.3 is 56.5 Å². The summed E-state index contributed by atoms with van der Waals surface area (Å²) in [5.41, 5.74) is 10.4. The predicted octanol–water partition coefficient (Wildman–Crippen LogP) is 0.231. The number of Topliss-reactive ketones (excluding diaryl/α,β-unsaturated/α-hetero) is 1. The normalized spacial score (nSPS) is 18.5. The van der Waals surface area contributed by atoms with Crippen molar-refractivity contribution in [2.75, 3.05) is 43.7 Å². The van der Waals surface area contributed by atoms with E-state index < -0.39 is 60.8 Å². The third kappa shape index (κ3) is 7.62. The van der Waals surface area contributed by atoms with Crippen LogP contribution < -0.4 is 25.8 Å². The Kier molecular flexibility index (Phi) is 12.0. The Hall–Kier alpha value is -6.20. The van der Waals surface area contributed by atoms with Crippen LogP contribution in [0.2, 0.25) is 0 Å². The molecule has 0 saturated heterocycles. The van der Waals surface area contributed by atoms with Crippen LogP contribution >= 0.6 is 0 Å². The minimum absolute atomic E-state index is 0.0243. The number of aromatic nitrogens is 2. The summed E-state index contributed by atoms with van der Waals surface area (Å²) in [6.45, 7) is -1.58. The molecule has 0 amide bonds. The van der Waals surface area contributed by atoms with Gasteiger partial charge in [-0.2, -0.15) is 4.98 Å². The Morgan fingerprint density at radius 3 is 2.09 bits per heavy atom. The molecular formula is C39H39N5O10. The number of para-hydroxylation sites is 2. The zero-order valence-corrected chi connectivity index (χ0v) is 29.2. The molecule has 4 aromatic rings. The molecule has 0 saturated carbocycles. The van der Waals surface area contributed by atoms with Crippen LogP contribution in [0, 0.1) is 29.1 Å². The van der Waals surface area contributed by atoms with Gasteiger partial charge in [0.1, 0.15) is 41.7 Å². The monoisotopic (exact) mass is 737 g/mol. The van der Waals surface area contributed by atoms with Gasteiger partial charge in [0.05, 0.1) is 38.1 Å². The fraction of sp³-hybridized carbons (Fsp3) is 0.282. The van der Waals surface area contributed by atoms with Crippen molar-refractivity contribution < 1.29 is 49.7 Å². The molecule has 10 N–H and O–H groups in total. The first-order valence-corrected chi connectivity index (χ1v) is 16.5. The topological polar surface area (TPSA) is 255 Å². The van der Waals surface area contributed by atoms with Crippen molar-refractivity contribution in [2.24, 2.45) is 5.41 Å². The lowest BCUT2D eigenvalue weighted by atomic mass is 9.69. The first-order chi connectivity index (χ1) is 25.9. The number of ketones is 1. The van der Waals surface area contributed by atoms with E-state index >= 15 is 4.79 Å². The predicted molar refractivity (Wildman–Crippen MR) is 196 cm³/mol. The average Bonchev–Trinajstić information content (AvgIpc) is 3.17. The van der Waals surface area contributed by atoms with Crippen LogP contribution in [0.15, 0.2) is 72.9 Å². The standard InChI is InChI=1S/C39H39N5O10/c1-53-29-12-5-3-8-22(29)14-15-31-39(37(51)52,17-16-23-9-4-6-13-30(23)54-2)35(50)32-24(18-25-19-42-38(41)43-36(25)40)10-7-11-26(32)44(31)20-27(46)33(48)34(49)28(47)21-45/h3-13,19,27-28,31,33-34,45-49H,18,20-21H2,1-2H3,(H,51,52)(H4,40,41,42,43). The first-order valence-electron chi connectivity index (χ1n) is 16.5. The number of hydrogen-bond donors (Lipinski definition) is 8. The minimum Gasteiger partial charge on any atom is -0.495 e. The Morgan fingerprint density at radius 1 is 0.889 bits per heavy atom. The second-order valence-electron chi connectivity index (χ2n) is 12.3. The number of fused-ring (bicyclic) bond motifs is 1. The number of aliphatic hydroxyl groups is 5. The Bertz CT molecular complexity index is 2160. The van der Waals surface area contributed by atoms with Gasteiger partial charge in [0.15, 0.2) is 5.78 Å². The van der Waals surface area contributed by atoms with Crippen LogP contribution in [-0.2, 0) is 11.2 Å². The number of nitrogens with two attached hydrogens (primary N) is 2. The first kappa shape index (κ1) is 39.0. The van der Waals surface area contributed by atoms with Crippen molar-refractivity contribution in [2.45, 2.75) is 36.9 Å². The maximum atomic E-state index is 15.1. The van der Waals surface area contributed by atoms with E-state index in [-0.39, 0.29) is 40.6 Å². The number of carboxylic acids is 1. The highest BCUT2D eigenvalue weighted by atomic mass is 16.5. The highest BCUT2D eigenvalue weighted by molar-refractivity contribution is 6.21. The van der Waals surface area contributed by atoms with Gasteiger partial charge in [0.25, 0.3) is 0 Å². The number of benzene rings is 3. The van der Waals surface area contributed by atoms with Crippen molar-refractivity contribution in [1.82, 2.24) is 9.97 Å². The molecule has 0 bridgehead atoms. The average molecular weight is 738 g/mol. The third-order valence-corrected chi connectivity index (χ3v) is 9.04. The maximum absolute atomic E-state index is 15.1. The number of rotatable bonds is 11. The largest absolute Gasteiger partial charge is 0.495 e. The van der Waals surface area contributed by atoms with Crippen LogP contribution in [0.1, 0.15) is 32.6 Å². The van der Waals surface area contributed by atoms with E-state index in [1.54, 1.807) is 60.7 Å². The number of carbonyl (C=O) groups is 2. The van der Waals surface area contributed by atoms with E-state index in [9.17, 15) is 35.4 Å². The lowest BCUT2D eigenvalue weighted by molar-refractivity contribution is -0.143. The summed E-state index contributed by atoms with van der Waals surface area (Å²) in [4.78, 5) is 38.3. The number of hydrogen-bond acceptors (Lipinski definition) is 14. The Labute approximate surface area is 310 Å². The van der Waals surface area contributed by atoms with Gasteiger partial charge >= 0.3 is 5.97 Å². The highest BCUT2D eigenvalue weighted by Gasteiger charge is 2.59. The quantitative estimate of drug-likeness (QED) is 0.0758. The molecule has 54 heavy (non-hydrogen) atoms. The van der Waals surface area contributed by atoms with Crippen molar-refractivity contribution in [3.8, 4) is 35.2 Å². The molecule has 1 aliphatic heterocycles. The molecule has 6 unspecified atom stereocenters. The number of methoxy groups -OCH3 is 2. The molecule has 0 aliphatic carbocycles. The van der Waals surface area contributed by atoms with E-state index in [1.807, 2.05) is 0 Å². The summed E-state index contributed by atoms with van der Waals surface area (Å²) in [7, 11) is 2.84. The molecule has 1 aromatic heterocycles. The van der Waals surface area contributed by atoms with E-state index in [1.165, 1.54) is 31.4 Å². The molecule has 15 heteroatoms. The van der Waals surface area contributed by atoms with E-state index in [0.29, 0.717) is 22.6 Å². The molecule has 0 radical (unpaired) electrons. The second kappa shape index (κ2) is 16.6. The number of carbonyl (C=O) groups excluding carboxylic acids is 1. The van der Waals surface area contributed by atoms with Gasteiger partial charge in [-0.25, -0.2) is 9.78 Å². The second-order valence-corrected chi connectivity index (χ2v) is 12.3. The molecule has 1 aliphatic rings. The van der Waals surface area contributed by atoms with Crippen molar-refractivity contribution in [3.05, 3.63) is 101 Å². The molecule has 15 nitrogen and oxygen atoms in total. The van der Waals surface area contributed by atoms with Gasteiger partial charge in [-0.3, -0.25) is 4.79 Å². The zero-order valence-electron chi connectivity index (χ0n) is 29.2. The van der Waals surface area contributed by atoms with E-state index in [4.69, 9.17) is 20.9 Å². The van der Waals surface area contributed by atoms with Gasteiger partial charge in [-0.05, 0) is 35.9 Å². The van der Waals surface area contributed by atoms with Crippen molar-refractivity contribution in [1.29, 1.82) is 0 Å². The number of anilines is 3. The number of ether oxygens (including phenoxy) is 2. The number of aliphatic carboxylic acids is 1. The molecule has 0 fully saturated rings. The van der Waals surface area contributed by atoms with Crippen LogP contribution in [0.5, 0.6) is 11.5 Å². The van der Waals surface area contributed by atoms with Gasteiger partial charge in [-0.1, -0.05) is 60.1 Å². The SMILES string of the molecule is COc1ccccc1C#CC1N(CC(O)C(O)C(O)C(O)CO)c2cccc(Cc3cnc(N)nc3N)c2C(=O)C1(C#Cc1ccccc1OC)C(=O)O. The highest BCUT2D eigenvalue weighted by Crippen LogP contribution is 2.44. The minimum atomic E-state index is -2.68. The number of nitrogens with zero attached hydrogens (tertiary/aromatic N) is 3. The van der Waals surface area contributed by atoms with Crippen LogP contribution in [0.3, 0.4) is 0 Å². The smallest absolute Gasteiger partial charge is 0.333 e. The number of nitrogen functional groups attached to an aromatic ring is 2. The molecular weight excluding hydrogens is 698 g/mol. The summed E-state index contributed by atoms with van der Waals surface area (Å²) in [5.74, 6) is 9.39. The lowest BCUT2D eigenvalue weighted by Crippen LogP contribution is -2.62. The number of aliphatic hydroxyl groups excluding tert-OH is 5. The van der Waals surface area contributed by atoms with Crippen molar-refractivity contribution in [3.63, 3.8) is 0 Å². The molecule has 6 atom stereocenters. The van der Waals surface area contributed by atoms with Gasteiger partial charge in [0.2, 0.25) is 11.4 Å². The van der Waals surface area contributed by atoms with Crippen LogP contribution in [-0.4, -0.2) is 110 Å². The van der Waals surface area contributed by atoms with Crippen LogP contribution in [0.25, 0.3) is 0 Å². The fourth-order valence-corrected chi connectivity index (χ4v) is 6.17. The molecule has 280 valence electrons. The number of carboxylic acid groups (broad SMARTS) is 1. The van der Waals surface area contributed by atoms with Gasteiger partial charge in [-0.15, -0.1) is 0 Å².